The van der Waals surface area contributed by atoms with Gasteiger partial charge in [-0.1, -0.05) is 17.7 Å². The van der Waals surface area contributed by atoms with Crippen LogP contribution in [0.1, 0.15) is 23.6 Å². The molecule has 78 valence electrons. The molecule has 1 rings (SSSR count). The van der Waals surface area contributed by atoms with Crippen molar-refractivity contribution in [2.24, 2.45) is 0 Å². The minimum atomic E-state index is 0.585. The fraction of sp³-hybridized carbons (Fsp3) is 0.500. The Labute approximate surface area is 86.3 Å². The molecule has 0 heterocycles. The SMILES string of the molecule is CCOCNc1c(C)cc(C)cc1C. The molecule has 0 aliphatic heterocycles. The fourth-order valence-electron chi connectivity index (χ4n) is 1.68. The Balaban J connectivity index is 2.75. The molecule has 0 bridgehead atoms. The Morgan fingerprint density at radius 3 is 2.21 bits per heavy atom. The van der Waals surface area contributed by atoms with Crippen LogP contribution in [0.5, 0.6) is 0 Å². The lowest BCUT2D eigenvalue weighted by Crippen LogP contribution is -2.08. The maximum Gasteiger partial charge on any atom is 0.116 e. The lowest BCUT2D eigenvalue weighted by Gasteiger charge is -2.13. The van der Waals surface area contributed by atoms with Gasteiger partial charge in [0.2, 0.25) is 0 Å². The summed E-state index contributed by atoms with van der Waals surface area (Å²) in [5.41, 5.74) is 5.07. The average Bonchev–Trinajstić information content (AvgIpc) is 2.09. The van der Waals surface area contributed by atoms with Crippen molar-refractivity contribution in [1.82, 2.24) is 0 Å². The van der Waals surface area contributed by atoms with Crippen molar-refractivity contribution >= 4 is 5.69 Å². The van der Waals surface area contributed by atoms with Gasteiger partial charge in [-0.15, -0.1) is 0 Å². The van der Waals surface area contributed by atoms with Crippen molar-refractivity contribution < 1.29 is 4.74 Å². The first-order chi connectivity index (χ1) is 6.65. The molecule has 1 aromatic rings. The number of aryl methyl sites for hydroxylation is 3. The molecule has 0 saturated carbocycles. The zero-order valence-corrected chi connectivity index (χ0v) is 9.48. The van der Waals surface area contributed by atoms with E-state index in [0.717, 1.165) is 6.61 Å². The van der Waals surface area contributed by atoms with Crippen LogP contribution in [0.25, 0.3) is 0 Å². The second-order valence-electron chi connectivity index (χ2n) is 3.59. The van der Waals surface area contributed by atoms with E-state index in [1.807, 2.05) is 6.92 Å². The third-order valence-corrected chi connectivity index (χ3v) is 2.23. The van der Waals surface area contributed by atoms with Gasteiger partial charge in [-0.25, -0.2) is 0 Å². The van der Waals surface area contributed by atoms with Crippen LogP contribution in [0.3, 0.4) is 0 Å². The van der Waals surface area contributed by atoms with E-state index in [0.29, 0.717) is 6.73 Å². The predicted molar refractivity (Wildman–Crippen MR) is 60.8 cm³/mol. The van der Waals surface area contributed by atoms with Crippen LogP contribution in [0.4, 0.5) is 5.69 Å². The van der Waals surface area contributed by atoms with Crippen LogP contribution in [0.15, 0.2) is 12.1 Å². The van der Waals surface area contributed by atoms with E-state index in [2.05, 4.69) is 38.2 Å². The molecule has 14 heavy (non-hydrogen) atoms. The first-order valence-corrected chi connectivity index (χ1v) is 5.04. The first-order valence-electron chi connectivity index (χ1n) is 5.04. The van der Waals surface area contributed by atoms with Crippen molar-refractivity contribution in [2.45, 2.75) is 27.7 Å². The van der Waals surface area contributed by atoms with E-state index >= 15 is 0 Å². The first kappa shape index (κ1) is 11.1. The van der Waals surface area contributed by atoms with Crippen LogP contribution in [0, 0.1) is 20.8 Å². The summed E-state index contributed by atoms with van der Waals surface area (Å²) in [6.45, 7) is 9.68. The molecule has 0 aromatic heterocycles. The van der Waals surface area contributed by atoms with Gasteiger partial charge in [0.1, 0.15) is 6.73 Å². The summed E-state index contributed by atoms with van der Waals surface area (Å²) in [4.78, 5) is 0. The maximum atomic E-state index is 5.27. The molecule has 0 atom stereocenters. The zero-order valence-electron chi connectivity index (χ0n) is 9.48. The minimum Gasteiger partial charge on any atom is -0.362 e. The Bertz CT molecular complexity index is 284. The highest BCUT2D eigenvalue weighted by Gasteiger charge is 2.02. The van der Waals surface area contributed by atoms with Crippen molar-refractivity contribution in [3.63, 3.8) is 0 Å². The van der Waals surface area contributed by atoms with Gasteiger partial charge >= 0.3 is 0 Å². The van der Waals surface area contributed by atoms with Gasteiger partial charge in [0.15, 0.2) is 0 Å². The maximum absolute atomic E-state index is 5.27. The van der Waals surface area contributed by atoms with Crippen molar-refractivity contribution in [3.8, 4) is 0 Å². The van der Waals surface area contributed by atoms with Crippen molar-refractivity contribution in [3.05, 3.63) is 28.8 Å². The normalized spacial score (nSPS) is 10.3. The van der Waals surface area contributed by atoms with Crippen LogP contribution in [0.2, 0.25) is 0 Å². The third-order valence-electron chi connectivity index (χ3n) is 2.23. The Morgan fingerprint density at radius 2 is 1.71 bits per heavy atom. The van der Waals surface area contributed by atoms with Gasteiger partial charge in [-0.2, -0.15) is 0 Å². The summed E-state index contributed by atoms with van der Waals surface area (Å²) in [5.74, 6) is 0. The second-order valence-corrected chi connectivity index (χ2v) is 3.59. The average molecular weight is 193 g/mol. The quantitative estimate of drug-likeness (QED) is 0.586. The summed E-state index contributed by atoms with van der Waals surface area (Å²) in [7, 11) is 0. The lowest BCUT2D eigenvalue weighted by molar-refractivity contribution is 0.167. The minimum absolute atomic E-state index is 0.585. The van der Waals surface area contributed by atoms with E-state index in [-0.39, 0.29) is 0 Å². The summed E-state index contributed by atoms with van der Waals surface area (Å²) < 4.78 is 5.27. The van der Waals surface area contributed by atoms with E-state index in [1.165, 1.54) is 22.4 Å². The van der Waals surface area contributed by atoms with E-state index in [9.17, 15) is 0 Å². The van der Waals surface area contributed by atoms with Crippen LogP contribution >= 0.6 is 0 Å². The smallest absolute Gasteiger partial charge is 0.116 e. The van der Waals surface area contributed by atoms with Crippen LogP contribution in [-0.2, 0) is 4.74 Å². The monoisotopic (exact) mass is 193 g/mol. The third kappa shape index (κ3) is 2.74. The zero-order chi connectivity index (χ0) is 10.6. The molecule has 0 radical (unpaired) electrons. The highest BCUT2D eigenvalue weighted by atomic mass is 16.5. The molecule has 0 unspecified atom stereocenters. The fourth-order valence-corrected chi connectivity index (χ4v) is 1.68. The molecule has 0 aliphatic carbocycles. The number of ether oxygens (including phenoxy) is 1. The largest absolute Gasteiger partial charge is 0.362 e. The number of nitrogens with one attached hydrogen (secondary N) is 1. The summed E-state index contributed by atoms with van der Waals surface area (Å²) in [6, 6.07) is 4.36. The van der Waals surface area contributed by atoms with Gasteiger partial charge in [0.05, 0.1) is 0 Å². The highest BCUT2D eigenvalue weighted by Crippen LogP contribution is 2.21. The number of anilines is 1. The topological polar surface area (TPSA) is 21.3 Å². The molecule has 0 aliphatic rings. The summed E-state index contributed by atoms with van der Waals surface area (Å²) >= 11 is 0. The van der Waals surface area contributed by atoms with Crippen LogP contribution in [-0.4, -0.2) is 13.3 Å². The van der Waals surface area contributed by atoms with Gasteiger partial charge in [-0.05, 0) is 38.8 Å². The van der Waals surface area contributed by atoms with Gasteiger partial charge in [0, 0.05) is 12.3 Å². The predicted octanol–water partition coefficient (Wildman–Crippen LogP) is 3.02. The molecule has 0 saturated heterocycles. The Hall–Kier alpha value is -1.02. The number of hydrogen-bond donors (Lipinski definition) is 1. The molecule has 1 aromatic carbocycles. The lowest BCUT2D eigenvalue weighted by atomic mass is 10.1. The molecule has 0 fully saturated rings. The van der Waals surface area contributed by atoms with Gasteiger partial charge in [-0.3, -0.25) is 0 Å². The Morgan fingerprint density at radius 1 is 1.14 bits per heavy atom. The van der Waals surface area contributed by atoms with Gasteiger partial charge < -0.3 is 10.1 Å². The number of hydrogen-bond acceptors (Lipinski definition) is 2. The Kier molecular flexibility index (Phi) is 3.96. The molecular formula is C12H19NO. The standard InChI is InChI=1S/C12H19NO/c1-5-14-8-13-12-10(3)6-9(2)7-11(12)4/h6-7,13H,5,8H2,1-4H3. The van der Waals surface area contributed by atoms with E-state index in [4.69, 9.17) is 4.74 Å². The van der Waals surface area contributed by atoms with Crippen molar-refractivity contribution in [1.29, 1.82) is 0 Å². The second kappa shape index (κ2) is 5.01. The summed E-state index contributed by atoms with van der Waals surface area (Å²) in [6.07, 6.45) is 0. The van der Waals surface area contributed by atoms with Crippen molar-refractivity contribution in [2.75, 3.05) is 18.7 Å². The molecule has 1 N–H and O–H groups in total. The molecule has 2 nitrogen and oxygen atoms in total. The van der Waals surface area contributed by atoms with E-state index in [1.54, 1.807) is 0 Å². The molecular weight excluding hydrogens is 174 g/mol. The molecule has 0 spiro atoms. The van der Waals surface area contributed by atoms with E-state index < -0.39 is 0 Å². The number of benzene rings is 1. The van der Waals surface area contributed by atoms with Gasteiger partial charge in [0.25, 0.3) is 0 Å². The number of rotatable bonds is 4. The molecule has 0 amide bonds. The summed E-state index contributed by atoms with van der Waals surface area (Å²) in [5, 5.41) is 3.29. The molecule has 2 heteroatoms. The highest BCUT2D eigenvalue weighted by molar-refractivity contribution is 5.57. The van der Waals surface area contributed by atoms with Crippen LogP contribution < -0.4 is 5.32 Å².